The molecule has 2 aromatic rings. The van der Waals surface area contributed by atoms with E-state index >= 15 is 0 Å². The summed E-state index contributed by atoms with van der Waals surface area (Å²) in [7, 11) is 0. The first-order chi connectivity index (χ1) is 10.5. The number of aryl methyl sites for hydroxylation is 1. The highest BCUT2D eigenvalue weighted by Gasteiger charge is 2.12. The van der Waals surface area contributed by atoms with Crippen LogP contribution in [-0.4, -0.2) is 12.1 Å². The third-order valence-corrected chi connectivity index (χ3v) is 3.69. The molecule has 116 valence electrons. The summed E-state index contributed by atoms with van der Waals surface area (Å²) in [6.07, 6.45) is 1.03. The van der Waals surface area contributed by atoms with Crippen molar-refractivity contribution in [2.75, 3.05) is 0 Å². The minimum absolute atomic E-state index is 0.0752. The number of carbonyl (C=O) groups is 1. The first-order valence-electron chi connectivity index (χ1n) is 7.27. The number of ether oxygens (including phenoxy) is 2. The molecule has 0 heterocycles. The zero-order valence-electron chi connectivity index (χ0n) is 12.9. The highest BCUT2D eigenvalue weighted by molar-refractivity contribution is 9.10. The zero-order chi connectivity index (χ0) is 16.1. The van der Waals surface area contributed by atoms with E-state index in [0.29, 0.717) is 17.1 Å². The molecular formula is C18H19BrO3. The molecular weight excluding hydrogens is 344 g/mol. The highest BCUT2D eigenvalue weighted by atomic mass is 79.9. The Balaban J connectivity index is 2.10. The molecule has 0 aliphatic rings. The molecule has 0 fully saturated rings. The van der Waals surface area contributed by atoms with Crippen LogP contribution in [0.3, 0.4) is 0 Å². The van der Waals surface area contributed by atoms with Crippen LogP contribution in [-0.2, 0) is 6.42 Å². The van der Waals surface area contributed by atoms with Gasteiger partial charge in [-0.05, 0) is 72.1 Å². The van der Waals surface area contributed by atoms with Crippen LogP contribution in [0.15, 0.2) is 46.9 Å². The third-order valence-electron chi connectivity index (χ3n) is 3.07. The minimum Gasteiger partial charge on any atom is -0.490 e. The Labute approximate surface area is 139 Å². The molecule has 0 N–H and O–H groups in total. The van der Waals surface area contributed by atoms with Crippen molar-refractivity contribution < 1.29 is 14.3 Å². The Bertz CT molecular complexity index is 648. The van der Waals surface area contributed by atoms with Crippen molar-refractivity contribution in [1.29, 1.82) is 0 Å². The summed E-state index contributed by atoms with van der Waals surface area (Å²) < 4.78 is 11.7. The number of rotatable bonds is 5. The van der Waals surface area contributed by atoms with Crippen molar-refractivity contribution in [3.63, 3.8) is 0 Å². The fraction of sp³-hybridized carbons (Fsp3) is 0.278. The van der Waals surface area contributed by atoms with E-state index in [-0.39, 0.29) is 12.1 Å². The van der Waals surface area contributed by atoms with E-state index in [0.717, 1.165) is 10.9 Å². The van der Waals surface area contributed by atoms with Crippen LogP contribution < -0.4 is 9.47 Å². The lowest BCUT2D eigenvalue weighted by atomic mass is 10.2. The molecule has 0 radical (unpaired) electrons. The molecule has 3 nitrogen and oxygen atoms in total. The van der Waals surface area contributed by atoms with Gasteiger partial charge in [0.05, 0.1) is 16.1 Å². The van der Waals surface area contributed by atoms with Crippen molar-refractivity contribution in [3.8, 4) is 11.5 Å². The average molecular weight is 363 g/mol. The summed E-state index contributed by atoms with van der Waals surface area (Å²) in [6, 6.07) is 12.7. The van der Waals surface area contributed by atoms with E-state index in [9.17, 15) is 4.79 Å². The lowest BCUT2D eigenvalue weighted by molar-refractivity contribution is 0.0734. The molecule has 4 heteroatoms. The number of hydrogen-bond donors (Lipinski definition) is 0. The van der Waals surface area contributed by atoms with Gasteiger partial charge in [-0.2, -0.15) is 0 Å². The lowest BCUT2D eigenvalue weighted by Gasteiger charge is -2.12. The summed E-state index contributed by atoms with van der Waals surface area (Å²) in [4.78, 5) is 12.2. The molecule has 0 unspecified atom stereocenters. The predicted molar refractivity (Wildman–Crippen MR) is 90.7 cm³/mol. The van der Waals surface area contributed by atoms with E-state index < -0.39 is 0 Å². The van der Waals surface area contributed by atoms with Crippen molar-refractivity contribution in [1.82, 2.24) is 0 Å². The molecule has 0 amide bonds. The van der Waals surface area contributed by atoms with Crippen LogP contribution in [0.1, 0.15) is 36.7 Å². The van der Waals surface area contributed by atoms with Gasteiger partial charge in [-0.25, -0.2) is 4.79 Å². The van der Waals surface area contributed by atoms with Gasteiger partial charge in [-0.3, -0.25) is 0 Å². The number of carbonyl (C=O) groups excluding carboxylic acids is 1. The van der Waals surface area contributed by atoms with Gasteiger partial charge in [-0.15, -0.1) is 0 Å². The van der Waals surface area contributed by atoms with E-state index in [4.69, 9.17) is 9.47 Å². The molecule has 2 rings (SSSR count). The summed E-state index contributed by atoms with van der Waals surface area (Å²) in [5.74, 6) is 0.862. The van der Waals surface area contributed by atoms with Crippen LogP contribution in [0, 0.1) is 0 Å². The zero-order valence-corrected chi connectivity index (χ0v) is 14.5. The molecule has 2 aromatic carbocycles. The Hall–Kier alpha value is -1.81. The average Bonchev–Trinajstić information content (AvgIpc) is 2.49. The normalized spacial score (nSPS) is 10.6. The van der Waals surface area contributed by atoms with Crippen LogP contribution >= 0.6 is 15.9 Å². The SMILES string of the molecule is CCc1ccc(OC(=O)c2ccc(OC(C)C)c(Br)c2)cc1. The number of benzene rings is 2. The van der Waals surface area contributed by atoms with Crippen LogP contribution in [0.4, 0.5) is 0 Å². The maximum atomic E-state index is 12.2. The second kappa shape index (κ2) is 7.45. The largest absolute Gasteiger partial charge is 0.490 e. The Morgan fingerprint density at radius 3 is 2.36 bits per heavy atom. The Morgan fingerprint density at radius 2 is 1.82 bits per heavy atom. The van der Waals surface area contributed by atoms with Crippen LogP contribution in [0.25, 0.3) is 0 Å². The maximum Gasteiger partial charge on any atom is 0.343 e. The lowest BCUT2D eigenvalue weighted by Crippen LogP contribution is -2.10. The van der Waals surface area contributed by atoms with Gasteiger partial charge in [0, 0.05) is 0 Å². The van der Waals surface area contributed by atoms with Crippen molar-refractivity contribution in [3.05, 3.63) is 58.1 Å². The number of esters is 1. The second-order valence-electron chi connectivity index (χ2n) is 5.20. The third kappa shape index (κ3) is 4.34. The van der Waals surface area contributed by atoms with Crippen LogP contribution in [0.5, 0.6) is 11.5 Å². The van der Waals surface area contributed by atoms with Gasteiger partial charge < -0.3 is 9.47 Å². The van der Waals surface area contributed by atoms with E-state index in [1.54, 1.807) is 18.2 Å². The molecule has 0 aliphatic carbocycles. The second-order valence-corrected chi connectivity index (χ2v) is 6.05. The Morgan fingerprint density at radius 1 is 1.14 bits per heavy atom. The molecule has 0 saturated heterocycles. The van der Waals surface area contributed by atoms with Gasteiger partial charge in [-0.1, -0.05) is 19.1 Å². The molecule has 0 saturated carbocycles. The van der Waals surface area contributed by atoms with Crippen molar-refractivity contribution in [2.45, 2.75) is 33.3 Å². The molecule has 0 atom stereocenters. The molecule has 0 spiro atoms. The van der Waals surface area contributed by atoms with E-state index in [2.05, 4.69) is 22.9 Å². The number of hydrogen-bond acceptors (Lipinski definition) is 3. The van der Waals surface area contributed by atoms with Gasteiger partial charge in [0.1, 0.15) is 11.5 Å². The molecule has 22 heavy (non-hydrogen) atoms. The first kappa shape index (κ1) is 16.6. The van der Waals surface area contributed by atoms with Gasteiger partial charge in [0.25, 0.3) is 0 Å². The fourth-order valence-corrected chi connectivity index (χ4v) is 2.41. The summed E-state index contributed by atoms with van der Waals surface area (Å²) in [5, 5.41) is 0. The minimum atomic E-state index is -0.388. The molecule has 0 aliphatic heterocycles. The standard InChI is InChI=1S/C18H19BrO3/c1-4-13-5-8-15(9-6-13)22-18(20)14-7-10-17(16(19)11-14)21-12(2)3/h5-12H,4H2,1-3H3. The van der Waals surface area contributed by atoms with E-state index in [1.807, 2.05) is 38.1 Å². The topological polar surface area (TPSA) is 35.5 Å². The predicted octanol–water partition coefficient (Wildman–Crippen LogP) is 5.02. The van der Waals surface area contributed by atoms with Gasteiger partial charge in [0.15, 0.2) is 0 Å². The summed E-state index contributed by atoms with van der Waals surface area (Å²) in [5.41, 5.74) is 1.68. The van der Waals surface area contributed by atoms with Crippen molar-refractivity contribution >= 4 is 21.9 Å². The monoisotopic (exact) mass is 362 g/mol. The quantitative estimate of drug-likeness (QED) is 0.553. The van der Waals surface area contributed by atoms with Gasteiger partial charge in [0.2, 0.25) is 0 Å². The molecule has 0 aromatic heterocycles. The van der Waals surface area contributed by atoms with Crippen molar-refractivity contribution in [2.24, 2.45) is 0 Å². The fourth-order valence-electron chi connectivity index (χ4n) is 1.94. The highest BCUT2D eigenvalue weighted by Crippen LogP contribution is 2.27. The van der Waals surface area contributed by atoms with Gasteiger partial charge >= 0.3 is 5.97 Å². The molecule has 0 bridgehead atoms. The Kier molecular flexibility index (Phi) is 5.61. The van der Waals surface area contributed by atoms with Crippen LogP contribution in [0.2, 0.25) is 0 Å². The van der Waals surface area contributed by atoms with E-state index in [1.165, 1.54) is 5.56 Å². The number of halogens is 1. The first-order valence-corrected chi connectivity index (χ1v) is 8.06. The summed E-state index contributed by atoms with van der Waals surface area (Å²) in [6.45, 7) is 5.99. The maximum absolute atomic E-state index is 12.2. The smallest absolute Gasteiger partial charge is 0.343 e. The summed E-state index contributed by atoms with van der Waals surface area (Å²) >= 11 is 3.42.